The van der Waals surface area contributed by atoms with Crippen LogP contribution in [0.5, 0.6) is 5.75 Å². The second-order valence-corrected chi connectivity index (χ2v) is 6.75. The minimum Gasteiger partial charge on any atom is -0.495 e. The number of oxazole rings is 1. The molecular formula is C14H10ClFN2O5S. The van der Waals surface area contributed by atoms with Crippen LogP contribution in [0.4, 0.5) is 10.1 Å². The molecule has 1 aromatic heterocycles. The van der Waals surface area contributed by atoms with Crippen molar-refractivity contribution in [2.45, 2.75) is 4.90 Å². The van der Waals surface area contributed by atoms with Gasteiger partial charge in [-0.1, -0.05) is 17.7 Å². The predicted octanol–water partition coefficient (Wildman–Crippen LogP) is 2.72. The van der Waals surface area contributed by atoms with E-state index in [1.54, 1.807) is 0 Å². The minimum atomic E-state index is -4.34. The van der Waals surface area contributed by atoms with Gasteiger partial charge in [-0.05, 0) is 18.2 Å². The molecule has 24 heavy (non-hydrogen) atoms. The summed E-state index contributed by atoms with van der Waals surface area (Å²) in [5.74, 6) is -1.85. The first-order valence-corrected chi connectivity index (χ1v) is 8.35. The number of ether oxygens (including phenoxy) is 1. The Balaban J connectivity index is 2.10. The Labute approximate surface area is 140 Å². The number of sulfonamides is 1. The first-order chi connectivity index (χ1) is 11.3. The number of anilines is 1. The van der Waals surface area contributed by atoms with Gasteiger partial charge in [-0.25, -0.2) is 17.6 Å². The third kappa shape index (κ3) is 2.83. The predicted molar refractivity (Wildman–Crippen MR) is 85.6 cm³/mol. The van der Waals surface area contributed by atoms with Gasteiger partial charge < -0.3 is 9.15 Å². The first kappa shape index (κ1) is 16.3. The first-order valence-electron chi connectivity index (χ1n) is 6.49. The number of benzene rings is 2. The molecular weight excluding hydrogens is 363 g/mol. The Morgan fingerprint density at radius 3 is 2.79 bits per heavy atom. The fourth-order valence-electron chi connectivity index (χ4n) is 2.16. The molecule has 0 unspecified atom stereocenters. The summed E-state index contributed by atoms with van der Waals surface area (Å²) in [5, 5.41) is -0.00145. The van der Waals surface area contributed by atoms with E-state index >= 15 is 0 Å². The second kappa shape index (κ2) is 5.84. The zero-order chi connectivity index (χ0) is 17.5. The number of hydrogen-bond donors (Lipinski definition) is 2. The van der Waals surface area contributed by atoms with Gasteiger partial charge in [0, 0.05) is 6.07 Å². The normalized spacial score (nSPS) is 11.6. The molecule has 3 aromatic rings. The largest absolute Gasteiger partial charge is 0.495 e. The third-order valence-electron chi connectivity index (χ3n) is 3.17. The summed E-state index contributed by atoms with van der Waals surface area (Å²) in [4.78, 5) is 12.9. The van der Waals surface area contributed by atoms with E-state index in [0.29, 0.717) is 5.52 Å². The van der Waals surface area contributed by atoms with Crippen LogP contribution in [0.3, 0.4) is 0 Å². The van der Waals surface area contributed by atoms with Gasteiger partial charge in [-0.3, -0.25) is 9.71 Å². The number of halogens is 2. The van der Waals surface area contributed by atoms with Crippen LogP contribution in [-0.4, -0.2) is 20.5 Å². The third-order valence-corrected chi connectivity index (χ3v) is 4.91. The zero-order valence-corrected chi connectivity index (χ0v) is 13.7. The lowest BCUT2D eigenvalue weighted by molar-refractivity contribution is 0.395. The van der Waals surface area contributed by atoms with E-state index in [2.05, 4.69) is 9.71 Å². The van der Waals surface area contributed by atoms with Crippen molar-refractivity contribution in [3.05, 3.63) is 51.7 Å². The Hall–Kier alpha value is -2.52. The van der Waals surface area contributed by atoms with E-state index in [9.17, 15) is 17.6 Å². The molecule has 0 bridgehead atoms. The summed E-state index contributed by atoms with van der Waals surface area (Å²) >= 11 is 6.00. The van der Waals surface area contributed by atoms with Crippen molar-refractivity contribution in [1.29, 1.82) is 0 Å². The lowest BCUT2D eigenvalue weighted by Crippen LogP contribution is -2.16. The van der Waals surface area contributed by atoms with Gasteiger partial charge in [-0.15, -0.1) is 0 Å². The molecule has 126 valence electrons. The average molecular weight is 373 g/mol. The fraction of sp³-hybridized carbons (Fsp3) is 0.0714. The van der Waals surface area contributed by atoms with Gasteiger partial charge in [0.2, 0.25) is 0 Å². The Bertz CT molecular complexity index is 1090. The maximum atomic E-state index is 14.0. The number of nitrogens with one attached hydrogen (secondary N) is 2. The van der Waals surface area contributed by atoms with Crippen molar-refractivity contribution in [1.82, 2.24) is 4.98 Å². The van der Waals surface area contributed by atoms with Gasteiger partial charge in [-0.2, -0.15) is 0 Å². The molecule has 0 aliphatic rings. The van der Waals surface area contributed by atoms with Gasteiger partial charge in [0.25, 0.3) is 10.0 Å². The molecule has 0 atom stereocenters. The van der Waals surface area contributed by atoms with E-state index in [0.717, 1.165) is 6.07 Å². The highest BCUT2D eigenvalue weighted by atomic mass is 35.5. The van der Waals surface area contributed by atoms with Crippen LogP contribution < -0.4 is 15.2 Å². The maximum Gasteiger partial charge on any atom is 0.417 e. The summed E-state index contributed by atoms with van der Waals surface area (Å²) in [6.07, 6.45) is 0. The van der Waals surface area contributed by atoms with Crippen molar-refractivity contribution < 1.29 is 22.0 Å². The summed E-state index contributed by atoms with van der Waals surface area (Å²) < 4.78 is 50.9. The van der Waals surface area contributed by atoms with Gasteiger partial charge in [0.15, 0.2) is 10.5 Å². The van der Waals surface area contributed by atoms with Gasteiger partial charge in [0.05, 0.1) is 23.3 Å². The Morgan fingerprint density at radius 2 is 2.08 bits per heavy atom. The Morgan fingerprint density at radius 1 is 1.33 bits per heavy atom. The lowest BCUT2D eigenvalue weighted by atomic mass is 10.3. The molecule has 1 heterocycles. The molecule has 0 radical (unpaired) electrons. The standard InChI is InChI=1S/C14H10ClFN2O5S/c1-22-11-4-2-3-8(16)13(11)24(20,21)18-9-6-12-10(5-7(9)15)17-14(19)23-12/h2-6,18H,1H3,(H,17,19). The highest BCUT2D eigenvalue weighted by molar-refractivity contribution is 7.92. The summed E-state index contributed by atoms with van der Waals surface area (Å²) in [6.45, 7) is 0. The monoisotopic (exact) mass is 372 g/mol. The molecule has 0 saturated carbocycles. The van der Waals surface area contributed by atoms with Crippen LogP contribution in [-0.2, 0) is 10.0 Å². The van der Waals surface area contributed by atoms with Crippen LogP contribution in [0, 0.1) is 5.82 Å². The van der Waals surface area contributed by atoms with Crippen LogP contribution >= 0.6 is 11.6 Å². The summed E-state index contributed by atoms with van der Waals surface area (Å²) in [6, 6.07) is 6.17. The van der Waals surface area contributed by atoms with E-state index in [4.69, 9.17) is 20.8 Å². The molecule has 0 saturated heterocycles. The van der Waals surface area contributed by atoms with Crippen molar-refractivity contribution >= 4 is 38.4 Å². The molecule has 0 fully saturated rings. The molecule has 0 amide bonds. The van der Waals surface area contributed by atoms with Crippen molar-refractivity contribution in [3.8, 4) is 5.75 Å². The maximum absolute atomic E-state index is 14.0. The van der Waals surface area contributed by atoms with Gasteiger partial charge >= 0.3 is 5.76 Å². The average Bonchev–Trinajstić information content (AvgIpc) is 2.85. The smallest absolute Gasteiger partial charge is 0.417 e. The quantitative estimate of drug-likeness (QED) is 0.733. The van der Waals surface area contributed by atoms with E-state index in [1.807, 2.05) is 0 Å². The van der Waals surface area contributed by atoms with Crippen LogP contribution in [0.2, 0.25) is 5.02 Å². The molecule has 2 aromatic carbocycles. The number of methoxy groups -OCH3 is 1. The molecule has 0 aliphatic carbocycles. The van der Waals surface area contributed by atoms with E-state index in [1.165, 1.54) is 31.4 Å². The number of fused-ring (bicyclic) bond motifs is 1. The molecule has 2 N–H and O–H groups in total. The second-order valence-electron chi connectivity index (χ2n) is 4.72. The van der Waals surface area contributed by atoms with Crippen LogP contribution in [0.1, 0.15) is 0 Å². The van der Waals surface area contributed by atoms with Crippen molar-refractivity contribution in [2.75, 3.05) is 11.8 Å². The molecule has 0 spiro atoms. The van der Waals surface area contributed by atoms with Crippen LogP contribution in [0.15, 0.2) is 44.4 Å². The lowest BCUT2D eigenvalue weighted by Gasteiger charge is -2.13. The van der Waals surface area contributed by atoms with E-state index < -0.39 is 26.5 Å². The number of aromatic nitrogens is 1. The Kier molecular flexibility index (Phi) is 3.98. The van der Waals surface area contributed by atoms with Crippen LogP contribution in [0.25, 0.3) is 11.1 Å². The van der Waals surface area contributed by atoms with Crippen molar-refractivity contribution in [3.63, 3.8) is 0 Å². The molecule has 0 aliphatic heterocycles. The summed E-state index contributed by atoms with van der Waals surface area (Å²) in [7, 11) is -3.11. The number of rotatable bonds is 4. The zero-order valence-electron chi connectivity index (χ0n) is 12.1. The summed E-state index contributed by atoms with van der Waals surface area (Å²) in [5.41, 5.74) is 0.330. The fourth-order valence-corrected chi connectivity index (χ4v) is 3.72. The SMILES string of the molecule is COc1cccc(F)c1S(=O)(=O)Nc1cc2oc(=O)[nH]c2cc1Cl. The highest BCUT2D eigenvalue weighted by Gasteiger charge is 2.25. The molecule has 10 heteroatoms. The van der Waals surface area contributed by atoms with E-state index in [-0.39, 0.29) is 22.0 Å². The topological polar surface area (TPSA) is 101 Å². The minimum absolute atomic E-state index is 0.00145. The molecule has 7 nitrogen and oxygen atoms in total. The number of H-pyrrole nitrogens is 1. The van der Waals surface area contributed by atoms with Gasteiger partial charge in [0.1, 0.15) is 11.6 Å². The van der Waals surface area contributed by atoms with Crippen molar-refractivity contribution in [2.24, 2.45) is 0 Å². The number of hydrogen-bond acceptors (Lipinski definition) is 5. The highest BCUT2D eigenvalue weighted by Crippen LogP contribution is 2.32. The number of aromatic amines is 1. The molecule has 3 rings (SSSR count).